The zero-order valence-electron chi connectivity index (χ0n) is 16.0. The minimum atomic E-state index is -0.410. The second-order valence-electron chi connectivity index (χ2n) is 7.70. The van der Waals surface area contributed by atoms with E-state index in [2.05, 4.69) is 10.3 Å². The van der Waals surface area contributed by atoms with E-state index in [-0.39, 0.29) is 17.8 Å². The molecule has 1 aromatic heterocycles. The lowest BCUT2D eigenvalue weighted by Crippen LogP contribution is -2.44. The molecule has 1 saturated carbocycles. The summed E-state index contributed by atoms with van der Waals surface area (Å²) in [5.41, 5.74) is 0. The van der Waals surface area contributed by atoms with Crippen molar-refractivity contribution < 1.29 is 9.53 Å². The third-order valence-corrected chi connectivity index (χ3v) is 6.35. The number of likely N-dealkylation sites (N-methyl/N-ethyl adjacent to an activating group) is 1. The van der Waals surface area contributed by atoms with Gasteiger partial charge in [0.15, 0.2) is 5.96 Å². The Bertz CT molecular complexity index is 897. The van der Waals surface area contributed by atoms with Crippen molar-refractivity contribution in [3.63, 3.8) is 0 Å². The van der Waals surface area contributed by atoms with Crippen LogP contribution in [0.25, 0.3) is 10.8 Å². The molecule has 1 aliphatic carbocycles. The Kier molecular flexibility index (Phi) is 5.40. The van der Waals surface area contributed by atoms with E-state index in [4.69, 9.17) is 21.7 Å². The van der Waals surface area contributed by atoms with Crippen molar-refractivity contribution in [1.82, 2.24) is 15.2 Å². The molecular weight excluding hydrogens is 376 g/mol. The first-order valence-electron chi connectivity index (χ1n) is 9.85. The van der Waals surface area contributed by atoms with Crippen LogP contribution in [0, 0.1) is 17.2 Å². The number of nitrogens with one attached hydrogen (secondary N) is 2. The van der Waals surface area contributed by atoms with Crippen LogP contribution in [0.4, 0.5) is 0 Å². The number of amides is 1. The second-order valence-corrected chi connectivity index (χ2v) is 8.06. The lowest BCUT2D eigenvalue weighted by molar-refractivity contribution is -0.128. The van der Waals surface area contributed by atoms with Crippen LogP contribution >= 0.6 is 11.6 Å². The molecule has 2 atom stereocenters. The maximum atomic E-state index is 12.7. The molecule has 1 aromatic carbocycles. The van der Waals surface area contributed by atoms with E-state index in [0.29, 0.717) is 23.4 Å². The van der Waals surface area contributed by atoms with Crippen molar-refractivity contribution in [3.8, 4) is 5.75 Å². The van der Waals surface area contributed by atoms with Crippen molar-refractivity contribution in [2.75, 3.05) is 13.7 Å². The van der Waals surface area contributed by atoms with E-state index in [1.807, 2.05) is 24.3 Å². The number of fused-ring (bicyclic) bond motifs is 1. The van der Waals surface area contributed by atoms with Gasteiger partial charge in [-0.1, -0.05) is 55.1 Å². The monoisotopic (exact) mass is 400 g/mol. The van der Waals surface area contributed by atoms with Crippen LogP contribution < -0.4 is 10.1 Å². The third-order valence-electron chi connectivity index (χ3n) is 6.05. The molecule has 1 saturated heterocycles. The quantitative estimate of drug-likeness (QED) is 0.747. The number of carbonyl (C=O) groups excluding carboxylic acids is 1. The summed E-state index contributed by atoms with van der Waals surface area (Å²) in [6, 6.07) is 7.35. The number of guanidine groups is 1. The summed E-state index contributed by atoms with van der Waals surface area (Å²) < 4.78 is 6.22. The first-order valence-corrected chi connectivity index (χ1v) is 10.2. The van der Waals surface area contributed by atoms with Crippen molar-refractivity contribution in [1.29, 1.82) is 5.41 Å². The van der Waals surface area contributed by atoms with Gasteiger partial charge in [0.2, 0.25) is 0 Å². The number of pyridine rings is 1. The standard InChI is InChI=1S/C21H25ClN4O2/c1-26-20(27)18(25-21(26)23)16(13-7-3-2-4-8-13)12-28-17-11-24-19(22)15-10-6-5-9-14(15)17/h5-6,9-11,13,16,18H,2-4,7-8,12H2,1H3,(H2,23,25)/t16-,18+/m0/s1. The number of aromatic nitrogens is 1. The number of hydrogen-bond donors (Lipinski definition) is 2. The van der Waals surface area contributed by atoms with Gasteiger partial charge in [-0.2, -0.15) is 0 Å². The van der Waals surface area contributed by atoms with E-state index in [1.165, 1.54) is 24.2 Å². The van der Waals surface area contributed by atoms with Gasteiger partial charge >= 0.3 is 0 Å². The average molecular weight is 401 g/mol. The number of nitrogens with zero attached hydrogens (tertiary/aromatic N) is 2. The molecule has 0 radical (unpaired) electrons. The van der Waals surface area contributed by atoms with Crippen LogP contribution in [0.15, 0.2) is 30.5 Å². The minimum Gasteiger partial charge on any atom is -0.491 e. The predicted octanol–water partition coefficient (Wildman–Crippen LogP) is 3.83. The average Bonchev–Trinajstić information content (AvgIpc) is 2.98. The maximum absolute atomic E-state index is 12.7. The molecule has 2 heterocycles. The van der Waals surface area contributed by atoms with Gasteiger partial charge in [0.25, 0.3) is 5.91 Å². The van der Waals surface area contributed by atoms with E-state index in [9.17, 15) is 4.79 Å². The van der Waals surface area contributed by atoms with Gasteiger partial charge in [0.05, 0.1) is 12.8 Å². The van der Waals surface area contributed by atoms with Gasteiger partial charge in [0, 0.05) is 23.7 Å². The van der Waals surface area contributed by atoms with Crippen LogP contribution in [0.3, 0.4) is 0 Å². The molecule has 1 aliphatic heterocycles. The summed E-state index contributed by atoms with van der Waals surface area (Å²) in [6.07, 6.45) is 7.45. The summed E-state index contributed by atoms with van der Waals surface area (Å²) in [5.74, 6) is 1.20. The molecule has 0 unspecified atom stereocenters. The summed E-state index contributed by atoms with van der Waals surface area (Å²) in [6.45, 7) is 0.405. The number of hydrogen-bond acceptors (Lipinski definition) is 4. The van der Waals surface area contributed by atoms with Crippen molar-refractivity contribution >= 4 is 34.2 Å². The van der Waals surface area contributed by atoms with Crippen LogP contribution in [0.2, 0.25) is 5.15 Å². The normalized spacial score (nSPS) is 21.8. The maximum Gasteiger partial charge on any atom is 0.252 e. The number of halogens is 1. The molecule has 1 amide bonds. The van der Waals surface area contributed by atoms with Gasteiger partial charge in [-0.3, -0.25) is 15.1 Å². The van der Waals surface area contributed by atoms with Gasteiger partial charge in [0.1, 0.15) is 16.9 Å². The fourth-order valence-electron chi connectivity index (χ4n) is 4.41. The summed E-state index contributed by atoms with van der Waals surface area (Å²) in [7, 11) is 1.65. The van der Waals surface area contributed by atoms with E-state index < -0.39 is 6.04 Å². The lowest BCUT2D eigenvalue weighted by Gasteiger charge is -2.33. The summed E-state index contributed by atoms with van der Waals surface area (Å²) >= 11 is 6.22. The highest BCUT2D eigenvalue weighted by Crippen LogP contribution is 2.35. The first kappa shape index (κ1) is 19.0. The number of ether oxygens (including phenoxy) is 1. The Labute approximate surface area is 169 Å². The van der Waals surface area contributed by atoms with Gasteiger partial charge in [-0.25, -0.2) is 4.98 Å². The predicted molar refractivity (Wildman–Crippen MR) is 110 cm³/mol. The molecule has 0 spiro atoms. The highest BCUT2D eigenvalue weighted by Gasteiger charge is 2.42. The SMILES string of the molecule is CN1C(=N)N[C@H]([C@@H](COc2cnc(Cl)c3ccccc23)C2CCCCC2)C1=O. The van der Waals surface area contributed by atoms with Crippen LogP contribution in [0.1, 0.15) is 32.1 Å². The molecule has 2 fully saturated rings. The number of carbonyl (C=O) groups is 1. The van der Waals surface area contributed by atoms with E-state index >= 15 is 0 Å². The molecule has 2 aromatic rings. The van der Waals surface area contributed by atoms with Crippen molar-refractivity contribution in [2.24, 2.45) is 11.8 Å². The fraction of sp³-hybridized carbons (Fsp3) is 0.476. The number of benzene rings is 1. The van der Waals surface area contributed by atoms with Crippen molar-refractivity contribution in [3.05, 3.63) is 35.6 Å². The lowest BCUT2D eigenvalue weighted by atomic mass is 9.77. The molecule has 28 heavy (non-hydrogen) atoms. The summed E-state index contributed by atoms with van der Waals surface area (Å²) in [5, 5.41) is 13.3. The van der Waals surface area contributed by atoms with Crippen LogP contribution in [0.5, 0.6) is 5.75 Å². The molecule has 7 heteroatoms. The Morgan fingerprint density at radius 3 is 2.68 bits per heavy atom. The van der Waals surface area contributed by atoms with Crippen LogP contribution in [-0.2, 0) is 4.79 Å². The van der Waals surface area contributed by atoms with Gasteiger partial charge in [-0.15, -0.1) is 0 Å². The fourth-order valence-corrected chi connectivity index (χ4v) is 4.63. The Morgan fingerprint density at radius 1 is 1.29 bits per heavy atom. The smallest absolute Gasteiger partial charge is 0.252 e. The Hall–Kier alpha value is -2.34. The highest BCUT2D eigenvalue weighted by atomic mass is 35.5. The number of rotatable bonds is 5. The zero-order chi connectivity index (χ0) is 19.7. The molecule has 4 rings (SSSR count). The Balaban J connectivity index is 1.59. The van der Waals surface area contributed by atoms with Gasteiger partial charge < -0.3 is 10.1 Å². The van der Waals surface area contributed by atoms with Crippen molar-refractivity contribution in [2.45, 2.75) is 38.1 Å². The first-order chi connectivity index (χ1) is 13.6. The molecule has 6 nitrogen and oxygen atoms in total. The largest absolute Gasteiger partial charge is 0.491 e. The third kappa shape index (κ3) is 3.53. The van der Waals surface area contributed by atoms with E-state index in [1.54, 1.807) is 13.2 Å². The molecular formula is C21H25ClN4O2. The molecule has 0 bridgehead atoms. The highest BCUT2D eigenvalue weighted by molar-refractivity contribution is 6.34. The van der Waals surface area contributed by atoms with E-state index in [0.717, 1.165) is 23.6 Å². The minimum absolute atomic E-state index is 0.00698. The second kappa shape index (κ2) is 7.95. The Morgan fingerprint density at radius 2 is 2.00 bits per heavy atom. The molecule has 2 N–H and O–H groups in total. The summed E-state index contributed by atoms with van der Waals surface area (Å²) in [4.78, 5) is 18.3. The van der Waals surface area contributed by atoms with Crippen LogP contribution in [-0.4, -0.2) is 41.4 Å². The topological polar surface area (TPSA) is 78.3 Å². The van der Waals surface area contributed by atoms with Gasteiger partial charge in [-0.05, 0) is 18.8 Å². The molecule has 2 aliphatic rings. The zero-order valence-corrected chi connectivity index (χ0v) is 16.7. The molecule has 148 valence electrons.